The third-order valence-electron chi connectivity index (χ3n) is 3.30. The SMILES string of the molecule is CCOC(=O)C(CN1CCC(OCC)CC1)NC. The van der Waals surface area contributed by atoms with Gasteiger partial charge in [0, 0.05) is 26.2 Å². The molecule has 1 unspecified atom stereocenters. The molecule has 0 spiro atoms. The summed E-state index contributed by atoms with van der Waals surface area (Å²) in [6.45, 7) is 7.77. The zero-order chi connectivity index (χ0) is 13.4. The van der Waals surface area contributed by atoms with E-state index in [2.05, 4.69) is 10.2 Å². The summed E-state index contributed by atoms with van der Waals surface area (Å²) in [5.74, 6) is -0.160. The van der Waals surface area contributed by atoms with Crippen molar-refractivity contribution in [2.45, 2.75) is 38.8 Å². The second-order valence-corrected chi connectivity index (χ2v) is 4.55. The average Bonchev–Trinajstić information content (AvgIpc) is 2.38. The highest BCUT2D eigenvalue weighted by Crippen LogP contribution is 2.13. The number of piperidine rings is 1. The maximum absolute atomic E-state index is 11.7. The highest BCUT2D eigenvalue weighted by atomic mass is 16.5. The molecule has 1 heterocycles. The summed E-state index contributed by atoms with van der Waals surface area (Å²) >= 11 is 0. The van der Waals surface area contributed by atoms with Crippen LogP contribution in [-0.2, 0) is 14.3 Å². The number of hydrogen-bond acceptors (Lipinski definition) is 5. The normalized spacial score (nSPS) is 19.7. The number of ether oxygens (including phenoxy) is 2. The zero-order valence-corrected chi connectivity index (χ0v) is 11.8. The van der Waals surface area contributed by atoms with E-state index in [0.29, 0.717) is 19.3 Å². The number of nitrogens with one attached hydrogen (secondary N) is 1. The molecule has 106 valence electrons. The molecule has 1 N–H and O–H groups in total. The molecule has 18 heavy (non-hydrogen) atoms. The van der Waals surface area contributed by atoms with Gasteiger partial charge in [-0.3, -0.25) is 4.79 Å². The molecule has 1 aliphatic heterocycles. The molecule has 0 aromatic heterocycles. The van der Waals surface area contributed by atoms with Crippen molar-refractivity contribution in [3.05, 3.63) is 0 Å². The van der Waals surface area contributed by atoms with Crippen LogP contribution in [0, 0.1) is 0 Å². The fourth-order valence-electron chi connectivity index (χ4n) is 2.28. The van der Waals surface area contributed by atoms with Crippen LogP contribution < -0.4 is 5.32 Å². The summed E-state index contributed by atoms with van der Waals surface area (Å²) in [4.78, 5) is 14.0. The van der Waals surface area contributed by atoms with Gasteiger partial charge in [0.25, 0.3) is 0 Å². The van der Waals surface area contributed by atoms with Gasteiger partial charge in [0.2, 0.25) is 0 Å². The Balaban J connectivity index is 2.31. The van der Waals surface area contributed by atoms with Crippen molar-refractivity contribution in [1.82, 2.24) is 10.2 Å². The highest BCUT2D eigenvalue weighted by molar-refractivity contribution is 5.76. The van der Waals surface area contributed by atoms with Crippen LogP contribution in [0.5, 0.6) is 0 Å². The number of esters is 1. The fraction of sp³-hybridized carbons (Fsp3) is 0.923. The van der Waals surface area contributed by atoms with Gasteiger partial charge in [0.15, 0.2) is 0 Å². The Morgan fingerprint density at radius 2 is 2.00 bits per heavy atom. The molecule has 5 nitrogen and oxygen atoms in total. The Kier molecular flexibility index (Phi) is 7.23. The molecule has 0 amide bonds. The van der Waals surface area contributed by atoms with Crippen molar-refractivity contribution in [2.24, 2.45) is 0 Å². The smallest absolute Gasteiger partial charge is 0.324 e. The number of hydrogen-bond donors (Lipinski definition) is 1. The Labute approximate surface area is 110 Å². The quantitative estimate of drug-likeness (QED) is 0.679. The summed E-state index contributed by atoms with van der Waals surface area (Å²) in [6.07, 6.45) is 2.49. The van der Waals surface area contributed by atoms with E-state index in [0.717, 1.165) is 32.5 Å². The van der Waals surface area contributed by atoms with Crippen LogP contribution in [-0.4, -0.2) is 62.9 Å². The van der Waals surface area contributed by atoms with E-state index >= 15 is 0 Å². The fourth-order valence-corrected chi connectivity index (χ4v) is 2.28. The largest absolute Gasteiger partial charge is 0.465 e. The van der Waals surface area contributed by atoms with E-state index in [4.69, 9.17) is 9.47 Å². The molecular formula is C13H26N2O3. The number of carbonyl (C=O) groups excluding carboxylic acids is 1. The van der Waals surface area contributed by atoms with Gasteiger partial charge < -0.3 is 19.7 Å². The molecule has 0 aliphatic carbocycles. The lowest BCUT2D eigenvalue weighted by Gasteiger charge is -2.33. The molecule has 1 rings (SSSR count). The van der Waals surface area contributed by atoms with Crippen LogP contribution in [0.2, 0.25) is 0 Å². The molecule has 0 bridgehead atoms. The molecule has 1 aliphatic rings. The third-order valence-corrected chi connectivity index (χ3v) is 3.30. The standard InChI is InChI=1S/C13H26N2O3/c1-4-17-11-6-8-15(9-7-11)10-12(14-3)13(16)18-5-2/h11-12,14H,4-10H2,1-3H3. The first-order valence-electron chi connectivity index (χ1n) is 6.89. The van der Waals surface area contributed by atoms with Crippen molar-refractivity contribution in [3.8, 4) is 0 Å². The highest BCUT2D eigenvalue weighted by Gasteiger charge is 2.25. The van der Waals surface area contributed by atoms with Gasteiger partial charge in [-0.25, -0.2) is 0 Å². The maximum Gasteiger partial charge on any atom is 0.324 e. The second-order valence-electron chi connectivity index (χ2n) is 4.55. The minimum atomic E-state index is -0.228. The van der Waals surface area contributed by atoms with Crippen molar-refractivity contribution in [3.63, 3.8) is 0 Å². The predicted octanol–water partition coefficient (Wildman–Crippen LogP) is 0.638. The van der Waals surface area contributed by atoms with E-state index in [-0.39, 0.29) is 12.0 Å². The number of carbonyl (C=O) groups is 1. The summed E-state index contributed by atoms with van der Waals surface area (Å²) in [7, 11) is 1.80. The van der Waals surface area contributed by atoms with E-state index in [1.165, 1.54) is 0 Å². The molecular weight excluding hydrogens is 232 g/mol. The average molecular weight is 258 g/mol. The van der Waals surface area contributed by atoms with Crippen molar-refractivity contribution >= 4 is 5.97 Å². The Morgan fingerprint density at radius 1 is 1.33 bits per heavy atom. The number of likely N-dealkylation sites (N-methyl/N-ethyl adjacent to an activating group) is 1. The van der Waals surface area contributed by atoms with E-state index < -0.39 is 0 Å². The Hall–Kier alpha value is -0.650. The Morgan fingerprint density at radius 3 is 2.50 bits per heavy atom. The van der Waals surface area contributed by atoms with Gasteiger partial charge in [-0.1, -0.05) is 0 Å². The second kappa shape index (κ2) is 8.45. The molecule has 1 saturated heterocycles. The summed E-state index contributed by atoms with van der Waals surface area (Å²) in [5.41, 5.74) is 0. The van der Waals surface area contributed by atoms with Crippen LogP contribution in [0.3, 0.4) is 0 Å². The van der Waals surface area contributed by atoms with E-state index in [9.17, 15) is 4.79 Å². The Bertz CT molecular complexity index is 240. The molecule has 0 aromatic carbocycles. The first-order chi connectivity index (χ1) is 8.71. The number of likely N-dealkylation sites (tertiary alicyclic amines) is 1. The molecule has 0 radical (unpaired) electrons. The van der Waals surface area contributed by atoms with Gasteiger partial charge >= 0.3 is 5.97 Å². The van der Waals surface area contributed by atoms with Gasteiger partial charge in [-0.15, -0.1) is 0 Å². The van der Waals surface area contributed by atoms with Crippen LogP contribution in [0.25, 0.3) is 0 Å². The van der Waals surface area contributed by atoms with Crippen molar-refractivity contribution < 1.29 is 14.3 Å². The van der Waals surface area contributed by atoms with Crippen molar-refractivity contribution in [2.75, 3.05) is 39.9 Å². The van der Waals surface area contributed by atoms with Crippen LogP contribution in [0.1, 0.15) is 26.7 Å². The lowest BCUT2D eigenvalue weighted by molar-refractivity contribution is -0.146. The van der Waals surface area contributed by atoms with E-state index in [1.54, 1.807) is 7.05 Å². The molecule has 0 aromatic rings. The monoisotopic (exact) mass is 258 g/mol. The van der Waals surface area contributed by atoms with Crippen LogP contribution in [0.15, 0.2) is 0 Å². The maximum atomic E-state index is 11.7. The summed E-state index contributed by atoms with van der Waals surface area (Å²) in [5, 5.41) is 3.02. The topological polar surface area (TPSA) is 50.8 Å². The van der Waals surface area contributed by atoms with Gasteiger partial charge in [0.1, 0.15) is 6.04 Å². The minimum Gasteiger partial charge on any atom is -0.465 e. The lowest BCUT2D eigenvalue weighted by atomic mass is 10.1. The van der Waals surface area contributed by atoms with Crippen LogP contribution in [0.4, 0.5) is 0 Å². The van der Waals surface area contributed by atoms with Gasteiger partial charge in [0.05, 0.1) is 12.7 Å². The predicted molar refractivity (Wildman–Crippen MR) is 70.6 cm³/mol. The zero-order valence-electron chi connectivity index (χ0n) is 11.8. The first kappa shape index (κ1) is 15.4. The van der Waals surface area contributed by atoms with E-state index in [1.807, 2.05) is 13.8 Å². The summed E-state index contributed by atoms with van der Waals surface area (Å²) in [6, 6.07) is -0.228. The summed E-state index contributed by atoms with van der Waals surface area (Å²) < 4.78 is 10.7. The molecule has 1 fully saturated rings. The van der Waals surface area contributed by atoms with Crippen molar-refractivity contribution in [1.29, 1.82) is 0 Å². The third kappa shape index (κ3) is 4.92. The molecule has 1 atom stereocenters. The lowest BCUT2D eigenvalue weighted by Crippen LogP contribution is -2.48. The van der Waals surface area contributed by atoms with Gasteiger partial charge in [-0.05, 0) is 33.7 Å². The molecule has 0 saturated carbocycles. The first-order valence-corrected chi connectivity index (χ1v) is 6.89. The number of nitrogens with zero attached hydrogens (tertiary/aromatic N) is 1. The minimum absolute atomic E-state index is 0.160. The molecule has 5 heteroatoms. The number of rotatable bonds is 7. The van der Waals surface area contributed by atoms with Gasteiger partial charge in [-0.2, -0.15) is 0 Å². The van der Waals surface area contributed by atoms with Crippen LogP contribution >= 0.6 is 0 Å².